The Labute approximate surface area is 114 Å². The summed E-state index contributed by atoms with van der Waals surface area (Å²) >= 11 is 0. The monoisotopic (exact) mass is 276 g/mol. The second-order valence-electron chi connectivity index (χ2n) is 4.05. The molecule has 6 nitrogen and oxygen atoms in total. The highest BCUT2D eigenvalue weighted by Gasteiger charge is 2.11. The summed E-state index contributed by atoms with van der Waals surface area (Å²) in [7, 11) is 1.26. The molecule has 0 aromatic heterocycles. The minimum Gasteiger partial charge on any atom is -0.507 e. The maximum atomic E-state index is 11.0. The van der Waals surface area contributed by atoms with E-state index in [1.807, 2.05) is 0 Å². The van der Waals surface area contributed by atoms with Crippen molar-refractivity contribution in [3.8, 4) is 11.5 Å². The van der Waals surface area contributed by atoms with Gasteiger partial charge in [0.25, 0.3) is 0 Å². The van der Waals surface area contributed by atoms with Crippen molar-refractivity contribution >= 4 is 22.7 Å². The van der Waals surface area contributed by atoms with Gasteiger partial charge in [0.1, 0.15) is 17.1 Å². The van der Waals surface area contributed by atoms with E-state index in [4.69, 9.17) is 9.84 Å². The molecule has 0 atom stereocenters. The predicted octanol–water partition coefficient (Wildman–Crippen LogP) is 1.80. The Kier molecular flexibility index (Phi) is 3.74. The number of hydrogen-bond donors (Lipinski definition) is 2. The molecule has 20 heavy (non-hydrogen) atoms. The van der Waals surface area contributed by atoms with Gasteiger partial charge in [-0.2, -0.15) is 0 Å². The van der Waals surface area contributed by atoms with Gasteiger partial charge in [0, 0.05) is 0 Å². The quantitative estimate of drug-likeness (QED) is 0.827. The number of carbonyl (C=O) groups excluding carboxylic acids is 1. The van der Waals surface area contributed by atoms with Gasteiger partial charge in [0.05, 0.1) is 7.11 Å². The van der Waals surface area contributed by atoms with Crippen molar-refractivity contribution in [3.63, 3.8) is 0 Å². The van der Waals surface area contributed by atoms with Gasteiger partial charge < -0.3 is 19.7 Å². The SMILES string of the molecule is COC(=O)COc1ccc2cc(O)c(C(=O)O)cc2c1. The lowest BCUT2D eigenvalue weighted by atomic mass is 10.1. The van der Waals surface area contributed by atoms with Crippen molar-refractivity contribution in [3.05, 3.63) is 35.9 Å². The van der Waals surface area contributed by atoms with Crippen molar-refractivity contribution in [2.45, 2.75) is 0 Å². The summed E-state index contributed by atoms with van der Waals surface area (Å²) < 4.78 is 9.66. The van der Waals surface area contributed by atoms with E-state index < -0.39 is 11.9 Å². The zero-order valence-electron chi connectivity index (χ0n) is 10.6. The average Bonchev–Trinajstić information content (AvgIpc) is 2.43. The van der Waals surface area contributed by atoms with E-state index in [1.54, 1.807) is 18.2 Å². The second kappa shape index (κ2) is 5.48. The zero-order chi connectivity index (χ0) is 14.7. The molecule has 104 valence electrons. The number of ether oxygens (including phenoxy) is 2. The number of hydrogen-bond acceptors (Lipinski definition) is 5. The normalized spacial score (nSPS) is 10.2. The highest BCUT2D eigenvalue weighted by molar-refractivity contribution is 5.97. The molecule has 2 aromatic rings. The summed E-state index contributed by atoms with van der Waals surface area (Å²) in [6.07, 6.45) is 0. The molecular weight excluding hydrogens is 264 g/mol. The van der Waals surface area contributed by atoms with Crippen LogP contribution in [0.5, 0.6) is 11.5 Å². The van der Waals surface area contributed by atoms with Gasteiger partial charge in [-0.1, -0.05) is 6.07 Å². The molecule has 0 spiro atoms. The molecule has 0 aliphatic heterocycles. The van der Waals surface area contributed by atoms with Crippen LogP contribution in [0.3, 0.4) is 0 Å². The van der Waals surface area contributed by atoms with Crippen LogP contribution in [0.2, 0.25) is 0 Å². The van der Waals surface area contributed by atoms with E-state index in [2.05, 4.69) is 4.74 Å². The van der Waals surface area contributed by atoms with Crippen LogP contribution in [-0.4, -0.2) is 35.9 Å². The van der Waals surface area contributed by atoms with Crippen molar-refractivity contribution in [2.75, 3.05) is 13.7 Å². The van der Waals surface area contributed by atoms with E-state index in [1.165, 1.54) is 19.2 Å². The molecule has 0 heterocycles. The van der Waals surface area contributed by atoms with Gasteiger partial charge in [-0.15, -0.1) is 0 Å². The molecule has 0 unspecified atom stereocenters. The Morgan fingerprint density at radius 1 is 1.15 bits per heavy atom. The first-order chi connectivity index (χ1) is 9.51. The summed E-state index contributed by atoms with van der Waals surface area (Å²) in [4.78, 5) is 21.9. The molecule has 2 rings (SSSR count). The molecule has 0 saturated heterocycles. The first-order valence-electron chi connectivity index (χ1n) is 5.71. The molecule has 0 radical (unpaired) electrons. The number of methoxy groups -OCH3 is 1. The Hall–Kier alpha value is -2.76. The molecule has 2 N–H and O–H groups in total. The molecule has 0 aliphatic rings. The number of benzene rings is 2. The van der Waals surface area contributed by atoms with Crippen LogP contribution >= 0.6 is 0 Å². The summed E-state index contributed by atoms with van der Waals surface area (Å²) in [6.45, 7) is -0.230. The van der Waals surface area contributed by atoms with Crippen LogP contribution in [0.1, 0.15) is 10.4 Å². The molecule has 6 heteroatoms. The lowest BCUT2D eigenvalue weighted by Crippen LogP contribution is -2.12. The van der Waals surface area contributed by atoms with Crippen LogP contribution in [-0.2, 0) is 9.53 Å². The summed E-state index contributed by atoms with van der Waals surface area (Å²) in [5, 5.41) is 19.8. The van der Waals surface area contributed by atoms with E-state index in [-0.39, 0.29) is 17.9 Å². The lowest BCUT2D eigenvalue weighted by molar-refractivity contribution is -0.142. The molecule has 0 saturated carbocycles. The van der Waals surface area contributed by atoms with Gasteiger partial charge in [-0.05, 0) is 35.0 Å². The van der Waals surface area contributed by atoms with Crippen molar-refractivity contribution in [2.24, 2.45) is 0 Å². The lowest BCUT2D eigenvalue weighted by Gasteiger charge is -2.07. The van der Waals surface area contributed by atoms with Crippen LogP contribution in [0, 0.1) is 0 Å². The van der Waals surface area contributed by atoms with E-state index in [0.717, 1.165) is 0 Å². The number of aromatic hydroxyl groups is 1. The molecule has 0 aliphatic carbocycles. The van der Waals surface area contributed by atoms with Crippen LogP contribution in [0.4, 0.5) is 0 Å². The number of carbonyl (C=O) groups is 2. The van der Waals surface area contributed by atoms with Crippen molar-refractivity contribution < 1.29 is 29.3 Å². The molecule has 0 bridgehead atoms. The van der Waals surface area contributed by atoms with E-state index in [9.17, 15) is 14.7 Å². The number of rotatable bonds is 4. The number of phenols is 1. The molecule has 0 amide bonds. The Bertz CT molecular complexity index is 677. The van der Waals surface area contributed by atoms with Crippen LogP contribution in [0.15, 0.2) is 30.3 Å². The summed E-state index contributed by atoms with van der Waals surface area (Å²) in [5.41, 5.74) is -0.192. The highest BCUT2D eigenvalue weighted by Crippen LogP contribution is 2.28. The Balaban J connectivity index is 2.35. The fraction of sp³-hybridized carbons (Fsp3) is 0.143. The zero-order valence-corrected chi connectivity index (χ0v) is 10.6. The first-order valence-corrected chi connectivity index (χ1v) is 5.71. The minimum absolute atomic E-state index is 0.192. The number of aromatic carboxylic acids is 1. The fourth-order valence-corrected chi connectivity index (χ4v) is 1.73. The van der Waals surface area contributed by atoms with Gasteiger partial charge in [0.2, 0.25) is 0 Å². The Morgan fingerprint density at radius 2 is 1.90 bits per heavy atom. The summed E-state index contributed by atoms with van der Waals surface area (Å²) in [6, 6.07) is 7.57. The summed E-state index contributed by atoms with van der Waals surface area (Å²) in [5.74, 6) is -1.62. The topological polar surface area (TPSA) is 93.1 Å². The number of carboxylic acid groups (broad SMARTS) is 1. The number of esters is 1. The Morgan fingerprint density at radius 3 is 2.55 bits per heavy atom. The van der Waals surface area contributed by atoms with Gasteiger partial charge in [-0.25, -0.2) is 9.59 Å². The molecular formula is C14H12O6. The predicted molar refractivity (Wildman–Crippen MR) is 70.1 cm³/mol. The van der Waals surface area contributed by atoms with Crippen LogP contribution in [0.25, 0.3) is 10.8 Å². The third kappa shape index (κ3) is 2.80. The number of carboxylic acids is 1. The van der Waals surface area contributed by atoms with Gasteiger partial charge >= 0.3 is 11.9 Å². The minimum atomic E-state index is -1.22. The van der Waals surface area contributed by atoms with Gasteiger partial charge in [0.15, 0.2) is 6.61 Å². The van der Waals surface area contributed by atoms with Crippen molar-refractivity contribution in [1.29, 1.82) is 0 Å². The highest BCUT2D eigenvalue weighted by atomic mass is 16.6. The van der Waals surface area contributed by atoms with E-state index >= 15 is 0 Å². The standard InChI is InChI=1S/C14H12O6/c1-19-13(16)7-20-10-3-2-8-6-12(15)11(14(17)18)5-9(8)4-10/h2-6,15H,7H2,1H3,(H,17,18). The maximum absolute atomic E-state index is 11.0. The van der Waals surface area contributed by atoms with Gasteiger partial charge in [-0.3, -0.25) is 0 Å². The van der Waals surface area contributed by atoms with E-state index in [0.29, 0.717) is 16.5 Å². The number of fused-ring (bicyclic) bond motifs is 1. The van der Waals surface area contributed by atoms with Crippen molar-refractivity contribution in [1.82, 2.24) is 0 Å². The molecule has 0 fully saturated rings. The largest absolute Gasteiger partial charge is 0.507 e. The van der Waals surface area contributed by atoms with Crippen LogP contribution < -0.4 is 4.74 Å². The third-order valence-corrected chi connectivity index (χ3v) is 2.74. The smallest absolute Gasteiger partial charge is 0.343 e. The maximum Gasteiger partial charge on any atom is 0.343 e. The first kappa shape index (κ1) is 13.7. The second-order valence-corrected chi connectivity index (χ2v) is 4.05. The molecule has 2 aromatic carbocycles. The fourth-order valence-electron chi connectivity index (χ4n) is 1.73. The third-order valence-electron chi connectivity index (χ3n) is 2.74. The average molecular weight is 276 g/mol.